The van der Waals surface area contributed by atoms with Gasteiger partial charge in [-0.05, 0) is 36.8 Å². The number of likely N-dealkylation sites (tertiary alicyclic amines) is 1. The first-order chi connectivity index (χ1) is 9.66. The molecule has 3 atom stereocenters. The maximum atomic E-state index is 13.0. The Balaban J connectivity index is 1.84. The summed E-state index contributed by atoms with van der Waals surface area (Å²) in [6.45, 7) is 7.00. The monoisotopic (exact) mass is 272 g/mol. The normalized spacial score (nSPS) is 29.9. The van der Waals surface area contributed by atoms with Crippen molar-refractivity contribution in [2.24, 2.45) is 5.92 Å². The third kappa shape index (κ3) is 2.47. The molecule has 1 aromatic rings. The average Bonchev–Trinajstić information content (AvgIpc) is 2.48. The minimum absolute atomic E-state index is 0.00676. The number of nitrogens with one attached hydrogen (secondary N) is 1. The highest BCUT2D eigenvalue weighted by molar-refractivity contribution is 5.85. The summed E-state index contributed by atoms with van der Waals surface area (Å²) >= 11 is 0. The summed E-state index contributed by atoms with van der Waals surface area (Å²) in [4.78, 5) is 15.1. The zero-order valence-corrected chi connectivity index (χ0v) is 12.4. The highest BCUT2D eigenvalue weighted by atomic mass is 16.2. The van der Waals surface area contributed by atoms with Crippen molar-refractivity contribution >= 4 is 5.91 Å². The molecular formula is C17H24N2O. The Labute approximate surface area is 121 Å². The Morgan fingerprint density at radius 3 is 2.90 bits per heavy atom. The van der Waals surface area contributed by atoms with Gasteiger partial charge in [-0.3, -0.25) is 4.79 Å². The summed E-state index contributed by atoms with van der Waals surface area (Å²) in [6.07, 6.45) is 2.37. The number of hydrogen-bond acceptors (Lipinski definition) is 2. The molecular weight excluding hydrogens is 248 g/mol. The number of rotatable bonds is 1. The Morgan fingerprint density at radius 2 is 2.05 bits per heavy atom. The molecule has 0 aromatic heterocycles. The number of amides is 1. The molecule has 2 heterocycles. The summed E-state index contributed by atoms with van der Waals surface area (Å²) in [5.74, 6) is 0.929. The first-order valence-electron chi connectivity index (χ1n) is 7.76. The van der Waals surface area contributed by atoms with Crippen LogP contribution in [-0.2, 0) is 11.3 Å². The van der Waals surface area contributed by atoms with Crippen LogP contribution in [0.25, 0.3) is 0 Å². The standard InChI is InChI=1S/C17H24N2O/c1-12-7-8-13(2)19(11-12)17(20)16-10-18-9-14-5-3-4-6-15(14)16/h3-6,12-13,16,18H,7-11H2,1-2H3. The molecule has 1 amide bonds. The summed E-state index contributed by atoms with van der Waals surface area (Å²) in [5, 5.41) is 3.39. The van der Waals surface area contributed by atoms with Crippen LogP contribution in [0.5, 0.6) is 0 Å². The third-order valence-corrected chi connectivity index (χ3v) is 4.79. The molecule has 1 aromatic carbocycles. The summed E-state index contributed by atoms with van der Waals surface area (Å²) in [7, 11) is 0. The van der Waals surface area contributed by atoms with Crippen LogP contribution in [0.15, 0.2) is 24.3 Å². The lowest BCUT2D eigenvalue weighted by Crippen LogP contribution is -2.49. The summed E-state index contributed by atoms with van der Waals surface area (Å²) in [5.41, 5.74) is 2.50. The minimum Gasteiger partial charge on any atom is -0.339 e. The quantitative estimate of drug-likeness (QED) is 0.852. The molecule has 1 N–H and O–H groups in total. The topological polar surface area (TPSA) is 32.3 Å². The van der Waals surface area contributed by atoms with Crippen LogP contribution in [0, 0.1) is 5.92 Å². The molecule has 2 aliphatic rings. The number of nitrogens with zero attached hydrogens (tertiary/aromatic N) is 1. The molecule has 0 radical (unpaired) electrons. The van der Waals surface area contributed by atoms with E-state index in [4.69, 9.17) is 0 Å². The van der Waals surface area contributed by atoms with Crippen LogP contribution < -0.4 is 5.32 Å². The number of carbonyl (C=O) groups excluding carboxylic acids is 1. The van der Waals surface area contributed by atoms with E-state index < -0.39 is 0 Å². The molecule has 0 bridgehead atoms. The molecule has 3 heteroatoms. The van der Waals surface area contributed by atoms with E-state index in [1.807, 2.05) is 6.07 Å². The van der Waals surface area contributed by atoms with Gasteiger partial charge < -0.3 is 10.2 Å². The van der Waals surface area contributed by atoms with Crippen molar-refractivity contribution in [1.82, 2.24) is 10.2 Å². The molecule has 108 valence electrons. The van der Waals surface area contributed by atoms with Crippen LogP contribution in [0.3, 0.4) is 0 Å². The number of carbonyl (C=O) groups is 1. The van der Waals surface area contributed by atoms with Crippen molar-refractivity contribution in [3.63, 3.8) is 0 Å². The lowest BCUT2D eigenvalue weighted by molar-refractivity contribution is -0.137. The molecule has 20 heavy (non-hydrogen) atoms. The number of piperidine rings is 1. The number of benzene rings is 1. The summed E-state index contributed by atoms with van der Waals surface area (Å²) < 4.78 is 0. The van der Waals surface area contributed by atoms with Gasteiger partial charge in [-0.25, -0.2) is 0 Å². The molecule has 3 rings (SSSR count). The zero-order chi connectivity index (χ0) is 14.1. The number of hydrogen-bond donors (Lipinski definition) is 1. The SMILES string of the molecule is CC1CCC(C)N(C(=O)C2CNCc3ccccc32)C1. The minimum atomic E-state index is -0.00676. The van der Waals surface area contributed by atoms with E-state index in [-0.39, 0.29) is 5.92 Å². The molecule has 3 unspecified atom stereocenters. The van der Waals surface area contributed by atoms with Gasteiger partial charge in [-0.15, -0.1) is 0 Å². The molecule has 1 saturated heterocycles. The maximum Gasteiger partial charge on any atom is 0.231 e. The van der Waals surface area contributed by atoms with E-state index in [0.29, 0.717) is 17.9 Å². The predicted octanol–water partition coefficient (Wildman–Crippen LogP) is 2.52. The number of fused-ring (bicyclic) bond motifs is 1. The second kappa shape index (κ2) is 5.57. The first-order valence-corrected chi connectivity index (χ1v) is 7.76. The van der Waals surface area contributed by atoms with Gasteiger partial charge in [0.15, 0.2) is 0 Å². The van der Waals surface area contributed by atoms with Gasteiger partial charge in [0.2, 0.25) is 5.91 Å². The van der Waals surface area contributed by atoms with E-state index >= 15 is 0 Å². The van der Waals surface area contributed by atoms with Gasteiger partial charge in [-0.2, -0.15) is 0 Å². The third-order valence-electron chi connectivity index (χ3n) is 4.79. The molecule has 3 nitrogen and oxygen atoms in total. The fourth-order valence-corrected chi connectivity index (χ4v) is 3.51. The summed E-state index contributed by atoms with van der Waals surface area (Å²) in [6, 6.07) is 8.74. The van der Waals surface area contributed by atoms with E-state index in [2.05, 4.69) is 42.3 Å². The van der Waals surface area contributed by atoms with Crippen LogP contribution in [0.4, 0.5) is 0 Å². The van der Waals surface area contributed by atoms with Crippen molar-refractivity contribution < 1.29 is 4.79 Å². The van der Waals surface area contributed by atoms with E-state index in [0.717, 1.165) is 26.1 Å². The average molecular weight is 272 g/mol. The van der Waals surface area contributed by atoms with Crippen LogP contribution in [-0.4, -0.2) is 29.9 Å². The van der Waals surface area contributed by atoms with Gasteiger partial charge in [0.1, 0.15) is 0 Å². The van der Waals surface area contributed by atoms with Crippen molar-refractivity contribution in [3.8, 4) is 0 Å². The highest BCUT2D eigenvalue weighted by Crippen LogP contribution is 2.29. The Hall–Kier alpha value is -1.35. The maximum absolute atomic E-state index is 13.0. The van der Waals surface area contributed by atoms with Crippen molar-refractivity contribution in [1.29, 1.82) is 0 Å². The predicted molar refractivity (Wildman–Crippen MR) is 80.5 cm³/mol. The van der Waals surface area contributed by atoms with Crippen molar-refractivity contribution in [2.75, 3.05) is 13.1 Å². The van der Waals surface area contributed by atoms with Gasteiger partial charge in [0.05, 0.1) is 5.92 Å². The van der Waals surface area contributed by atoms with Gasteiger partial charge in [0.25, 0.3) is 0 Å². The fraction of sp³-hybridized carbons (Fsp3) is 0.588. The van der Waals surface area contributed by atoms with Crippen molar-refractivity contribution in [3.05, 3.63) is 35.4 Å². The van der Waals surface area contributed by atoms with E-state index in [1.165, 1.54) is 17.5 Å². The van der Waals surface area contributed by atoms with Crippen LogP contribution >= 0.6 is 0 Å². The first kappa shape index (κ1) is 13.6. The van der Waals surface area contributed by atoms with Crippen LogP contribution in [0.2, 0.25) is 0 Å². The highest BCUT2D eigenvalue weighted by Gasteiger charge is 2.34. The van der Waals surface area contributed by atoms with Gasteiger partial charge >= 0.3 is 0 Å². The largest absolute Gasteiger partial charge is 0.339 e. The molecule has 0 saturated carbocycles. The molecule has 2 aliphatic heterocycles. The van der Waals surface area contributed by atoms with Gasteiger partial charge in [-0.1, -0.05) is 31.2 Å². The zero-order valence-electron chi connectivity index (χ0n) is 12.4. The molecule has 1 fully saturated rings. The molecule has 0 spiro atoms. The lowest BCUT2D eigenvalue weighted by atomic mass is 9.87. The second-order valence-electron chi connectivity index (χ2n) is 6.40. The lowest BCUT2D eigenvalue weighted by Gasteiger charge is -2.40. The van der Waals surface area contributed by atoms with Crippen LogP contribution in [0.1, 0.15) is 43.7 Å². The Bertz CT molecular complexity index is 500. The van der Waals surface area contributed by atoms with Gasteiger partial charge in [0, 0.05) is 25.7 Å². The fourth-order valence-electron chi connectivity index (χ4n) is 3.51. The molecule has 0 aliphatic carbocycles. The van der Waals surface area contributed by atoms with Crippen molar-refractivity contribution in [2.45, 2.75) is 45.2 Å². The van der Waals surface area contributed by atoms with E-state index in [9.17, 15) is 4.79 Å². The Kier molecular flexibility index (Phi) is 3.79. The Morgan fingerprint density at radius 1 is 1.25 bits per heavy atom. The smallest absolute Gasteiger partial charge is 0.231 e. The second-order valence-corrected chi connectivity index (χ2v) is 6.40. The van der Waals surface area contributed by atoms with E-state index in [1.54, 1.807) is 0 Å².